The first-order valence-corrected chi connectivity index (χ1v) is 10.8. The molecule has 0 unspecified atom stereocenters. The van der Waals surface area contributed by atoms with Gasteiger partial charge >= 0.3 is 5.69 Å². The first kappa shape index (κ1) is 19.0. The zero-order chi connectivity index (χ0) is 19.8. The Morgan fingerprint density at radius 2 is 1.96 bits per heavy atom. The summed E-state index contributed by atoms with van der Waals surface area (Å²) in [5.74, 6) is 2.90. The first-order valence-electron chi connectivity index (χ1n) is 9.79. The first-order chi connectivity index (χ1) is 13.5. The molecule has 4 rings (SSSR count). The third-order valence-corrected chi connectivity index (χ3v) is 6.17. The summed E-state index contributed by atoms with van der Waals surface area (Å²) < 4.78 is 5.51. The van der Waals surface area contributed by atoms with Crippen molar-refractivity contribution in [1.82, 2.24) is 33.9 Å². The predicted octanol–water partition coefficient (Wildman–Crippen LogP) is 2.00. The van der Waals surface area contributed by atoms with Gasteiger partial charge in [-0.05, 0) is 26.2 Å². The van der Waals surface area contributed by atoms with Crippen molar-refractivity contribution < 1.29 is 0 Å². The molecule has 0 spiro atoms. The highest BCUT2D eigenvalue weighted by Gasteiger charge is 2.29. The lowest BCUT2D eigenvalue weighted by Gasteiger charge is -2.06. The third kappa shape index (κ3) is 3.30. The molecule has 10 heteroatoms. The maximum atomic E-state index is 12.5. The highest BCUT2D eigenvalue weighted by molar-refractivity contribution is 7.98. The lowest BCUT2D eigenvalue weighted by molar-refractivity contribution is 0.613. The Labute approximate surface area is 166 Å². The average molecular weight is 404 g/mol. The second kappa shape index (κ2) is 7.57. The molecular weight excluding hydrogens is 378 g/mol. The largest absolute Gasteiger partial charge is 0.330 e. The fraction of sp³-hybridized carbons (Fsp3) is 0.611. The highest BCUT2D eigenvalue weighted by Crippen LogP contribution is 2.39. The normalized spacial score (nSPS) is 14.2. The van der Waals surface area contributed by atoms with Crippen LogP contribution in [0.5, 0.6) is 0 Å². The molecule has 0 aromatic carbocycles. The van der Waals surface area contributed by atoms with Gasteiger partial charge in [0, 0.05) is 26.1 Å². The highest BCUT2D eigenvalue weighted by atomic mass is 32.2. The number of unbranched alkanes of at least 4 members (excludes halogenated alkanes) is 1. The van der Waals surface area contributed by atoms with Crippen LogP contribution in [0.15, 0.2) is 14.7 Å². The average Bonchev–Trinajstić information content (AvgIpc) is 3.34. The van der Waals surface area contributed by atoms with E-state index in [9.17, 15) is 9.59 Å². The number of nitrogens with one attached hydrogen (secondary N) is 1. The van der Waals surface area contributed by atoms with Crippen molar-refractivity contribution >= 4 is 22.9 Å². The number of rotatable bonds is 8. The number of imidazole rings is 1. The Balaban J connectivity index is 1.69. The summed E-state index contributed by atoms with van der Waals surface area (Å²) in [6.07, 6.45) is 4.17. The Hall–Kier alpha value is -2.36. The second-order valence-corrected chi connectivity index (χ2v) is 8.11. The molecule has 3 aromatic heterocycles. The van der Waals surface area contributed by atoms with Crippen molar-refractivity contribution in [3.63, 3.8) is 0 Å². The monoisotopic (exact) mass is 403 g/mol. The Morgan fingerprint density at radius 1 is 1.18 bits per heavy atom. The predicted molar refractivity (Wildman–Crippen MR) is 108 cm³/mol. The zero-order valence-corrected chi connectivity index (χ0v) is 17.3. The zero-order valence-electron chi connectivity index (χ0n) is 16.4. The van der Waals surface area contributed by atoms with Gasteiger partial charge in [0.2, 0.25) is 0 Å². The van der Waals surface area contributed by atoms with Crippen LogP contribution in [0.2, 0.25) is 0 Å². The number of aryl methyl sites for hydroxylation is 2. The molecule has 0 amide bonds. The maximum Gasteiger partial charge on any atom is 0.330 e. The number of aromatic amines is 1. The van der Waals surface area contributed by atoms with Gasteiger partial charge < -0.3 is 9.13 Å². The number of H-pyrrole nitrogens is 1. The van der Waals surface area contributed by atoms with Crippen LogP contribution in [-0.4, -0.2) is 33.9 Å². The van der Waals surface area contributed by atoms with E-state index in [2.05, 4.69) is 27.1 Å². The van der Waals surface area contributed by atoms with Crippen LogP contribution in [0.4, 0.5) is 0 Å². The minimum atomic E-state index is -0.395. The van der Waals surface area contributed by atoms with Gasteiger partial charge in [0.15, 0.2) is 16.3 Å². The lowest BCUT2D eigenvalue weighted by atomic mass is 10.3. The minimum absolute atomic E-state index is 0.381. The minimum Gasteiger partial charge on any atom is -0.322 e. The number of hydrogen-bond acceptors (Lipinski definition) is 6. The van der Waals surface area contributed by atoms with Crippen molar-refractivity contribution in [1.29, 1.82) is 0 Å². The third-order valence-electron chi connectivity index (χ3n) is 5.16. The van der Waals surface area contributed by atoms with E-state index in [1.165, 1.54) is 12.8 Å². The molecular formula is C18H25N7O2S. The second-order valence-electron chi connectivity index (χ2n) is 7.17. The Bertz CT molecular complexity index is 1120. The van der Waals surface area contributed by atoms with Crippen LogP contribution >= 0.6 is 11.8 Å². The number of thioether (sulfide) groups is 1. The summed E-state index contributed by atoms with van der Waals surface area (Å²) in [5, 5.41) is 9.46. The SMILES string of the molecule is CCCCn1c(=O)[nH]c(=O)c2c1nc(CSc1nnc(C3CC3)n1C)n2CC. The van der Waals surface area contributed by atoms with Crippen molar-refractivity contribution in [3.05, 3.63) is 32.5 Å². The molecule has 0 bridgehead atoms. The molecule has 3 heterocycles. The molecule has 1 saturated carbocycles. The van der Waals surface area contributed by atoms with Crippen LogP contribution in [0, 0.1) is 0 Å². The van der Waals surface area contributed by atoms with Crippen molar-refractivity contribution in [2.45, 2.75) is 69.4 Å². The Kier molecular flexibility index (Phi) is 5.13. The fourth-order valence-electron chi connectivity index (χ4n) is 3.47. The van der Waals surface area contributed by atoms with E-state index in [1.54, 1.807) is 16.3 Å². The van der Waals surface area contributed by atoms with E-state index < -0.39 is 5.69 Å². The molecule has 0 radical (unpaired) electrons. The Morgan fingerprint density at radius 3 is 2.64 bits per heavy atom. The topological polar surface area (TPSA) is 103 Å². The van der Waals surface area contributed by atoms with Crippen molar-refractivity contribution in [2.24, 2.45) is 7.05 Å². The van der Waals surface area contributed by atoms with Crippen LogP contribution < -0.4 is 11.2 Å². The van der Waals surface area contributed by atoms with Gasteiger partial charge in [0.25, 0.3) is 5.56 Å². The summed E-state index contributed by atoms with van der Waals surface area (Å²) in [7, 11) is 1.99. The molecule has 0 saturated heterocycles. The molecule has 0 aliphatic heterocycles. The molecule has 3 aromatic rings. The molecule has 9 nitrogen and oxygen atoms in total. The van der Waals surface area contributed by atoms with E-state index in [4.69, 9.17) is 0 Å². The maximum absolute atomic E-state index is 12.5. The standard InChI is InChI=1S/C18H25N7O2S/c1-4-6-9-25-15-13(16(26)20-17(25)27)24(5-2)12(19-15)10-28-18-22-21-14(23(18)3)11-7-8-11/h11H,4-10H2,1-3H3,(H,20,26,27). The van der Waals surface area contributed by atoms with Gasteiger partial charge in [-0.3, -0.25) is 14.3 Å². The van der Waals surface area contributed by atoms with Gasteiger partial charge in [-0.15, -0.1) is 10.2 Å². The van der Waals surface area contributed by atoms with Gasteiger partial charge in [-0.2, -0.15) is 0 Å². The van der Waals surface area contributed by atoms with E-state index in [0.29, 0.717) is 35.9 Å². The summed E-state index contributed by atoms with van der Waals surface area (Å²) in [6, 6.07) is 0. The van der Waals surface area contributed by atoms with Gasteiger partial charge in [0.05, 0.1) is 5.75 Å². The number of hydrogen-bond donors (Lipinski definition) is 1. The molecule has 150 valence electrons. The van der Waals surface area contributed by atoms with Gasteiger partial charge in [0.1, 0.15) is 11.6 Å². The molecule has 1 fully saturated rings. The van der Waals surface area contributed by atoms with Crippen LogP contribution in [0.25, 0.3) is 11.2 Å². The quantitative estimate of drug-likeness (QED) is 0.577. The number of nitrogens with zero attached hydrogens (tertiary/aromatic N) is 6. The van der Waals surface area contributed by atoms with Gasteiger partial charge in [-0.1, -0.05) is 25.1 Å². The fourth-order valence-corrected chi connectivity index (χ4v) is 4.33. The van der Waals surface area contributed by atoms with E-state index in [1.807, 2.05) is 23.1 Å². The van der Waals surface area contributed by atoms with Crippen LogP contribution in [0.1, 0.15) is 57.1 Å². The van der Waals surface area contributed by atoms with Crippen LogP contribution in [0.3, 0.4) is 0 Å². The molecule has 0 atom stereocenters. The lowest BCUT2D eigenvalue weighted by Crippen LogP contribution is -2.31. The van der Waals surface area contributed by atoms with E-state index >= 15 is 0 Å². The van der Waals surface area contributed by atoms with Crippen molar-refractivity contribution in [2.75, 3.05) is 0 Å². The molecule has 1 aliphatic rings. The molecule has 28 heavy (non-hydrogen) atoms. The van der Waals surface area contributed by atoms with Crippen LogP contribution in [-0.2, 0) is 25.9 Å². The summed E-state index contributed by atoms with van der Waals surface area (Å²) in [4.78, 5) is 31.9. The van der Waals surface area contributed by atoms with Crippen molar-refractivity contribution in [3.8, 4) is 0 Å². The van der Waals surface area contributed by atoms with Gasteiger partial charge in [-0.25, -0.2) is 9.78 Å². The summed E-state index contributed by atoms with van der Waals surface area (Å²) in [5.41, 5.74) is 0.156. The number of aromatic nitrogens is 7. The number of fused-ring (bicyclic) bond motifs is 1. The van der Waals surface area contributed by atoms with E-state index in [-0.39, 0.29) is 5.56 Å². The summed E-state index contributed by atoms with van der Waals surface area (Å²) in [6.45, 7) is 5.19. The summed E-state index contributed by atoms with van der Waals surface area (Å²) >= 11 is 1.55. The smallest absolute Gasteiger partial charge is 0.322 e. The molecule has 1 N–H and O–H groups in total. The molecule has 1 aliphatic carbocycles. The van der Waals surface area contributed by atoms with E-state index in [0.717, 1.165) is 29.6 Å².